The molecule has 0 atom stereocenters. The van der Waals surface area contributed by atoms with Gasteiger partial charge in [0.1, 0.15) is 17.0 Å². The fourth-order valence-corrected chi connectivity index (χ4v) is 3.64. The average Bonchev–Trinajstić information content (AvgIpc) is 3.10. The summed E-state index contributed by atoms with van der Waals surface area (Å²) < 4.78 is 17.1. The van der Waals surface area contributed by atoms with Crippen LogP contribution in [0.2, 0.25) is 0 Å². The van der Waals surface area contributed by atoms with Gasteiger partial charge in [-0.15, -0.1) is 0 Å². The average molecular weight is 433 g/mol. The van der Waals surface area contributed by atoms with Crippen LogP contribution in [-0.4, -0.2) is 25.2 Å². The summed E-state index contributed by atoms with van der Waals surface area (Å²) >= 11 is 0. The van der Waals surface area contributed by atoms with Crippen molar-refractivity contribution in [2.24, 2.45) is 0 Å². The minimum atomic E-state index is -0.507. The molecule has 8 heteroatoms. The van der Waals surface area contributed by atoms with Crippen molar-refractivity contribution in [2.45, 2.75) is 40.2 Å². The molecule has 0 bridgehead atoms. The Morgan fingerprint density at radius 1 is 1.09 bits per heavy atom. The van der Waals surface area contributed by atoms with E-state index in [1.807, 2.05) is 45.0 Å². The van der Waals surface area contributed by atoms with Crippen molar-refractivity contribution in [3.8, 4) is 5.69 Å². The standard InChI is InChI=1S/C24H24FN5O2/c1-4-29-23-22(16(3)28-30(23)17-11-9-15(2)10-12-17)27-20(24(29)32)13-14-21(31)26-19-8-6-5-7-18(19)25/h5-12H,4,13-14H2,1-3H3,(H,26,31). The van der Waals surface area contributed by atoms with Crippen LogP contribution in [0.4, 0.5) is 10.1 Å². The van der Waals surface area contributed by atoms with Gasteiger partial charge in [0, 0.05) is 19.4 Å². The van der Waals surface area contributed by atoms with Crippen LogP contribution in [-0.2, 0) is 17.8 Å². The number of hydrogen-bond acceptors (Lipinski definition) is 4. The summed E-state index contributed by atoms with van der Waals surface area (Å²) in [6, 6.07) is 13.8. The van der Waals surface area contributed by atoms with Gasteiger partial charge in [-0.1, -0.05) is 29.8 Å². The summed E-state index contributed by atoms with van der Waals surface area (Å²) in [5.41, 5.74) is 4.05. The zero-order chi connectivity index (χ0) is 22.8. The number of hydrogen-bond donors (Lipinski definition) is 1. The van der Waals surface area contributed by atoms with Gasteiger partial charge < -0.3 is 5.32 Å². The third-order valence-electron chi connectivity index (χ3n) is 5.33. The zero-order valence-electron chi connectivity index (χ0n) is 18.2. The van der Waals surface area contributed by atoms with Gasteiger partial charge in [-0.05, 0) is 45.0 Å². The van der Waals surface area contributed by atoms with Crippen molar-refractivity contribution >= 4 is 22.8 Å². The van der Waals surface area contributed by atoms with Crippen molar-refractivity contribution in [3.05, 3.63) is 81.7 Å². The predicted octanol–water partition coefficient (Wildman–Crippen LogP) is 3.93. The second kappa shape index (κ2) is 8.74. The minimum Gasteiger partial charge on any atom is -0.324 e. The van der Waals surface area contributed by atoms with Crippen LogP contribution >= 0.6 is 0 Å². The molecule has 2 aromatic carbocycles. The Kier molecular flexibility index (Phi) is 5.85. The third-order valence-corrected chi connectivity index (χ3v) is 5.33. The van der Waals surface area contributed by atoms with E-state index in [2.05, 4.69) is 15.4 Å². The molecule has 4 rings (SSSR count). The van der Waals surface area contributed by atoms with Crippen molar-refractivity contribution in [3.63, 3.8) is 0 Å². The van der Waals surface area contributed by atoms with E-state index in [1.165, 1.54) is 12.1 Å². The number of aryl methyl sites for hydroxylation is 4. The molecule has 0 aliphatic heterocycles. The van der Waals surface area contributed by atoms with Crippen molar-refractivity contribution in [1.82, 2.24) is 19.3 Å². The van der Waals surface area contributed by atoms with Crippen molar-refractivity contribution in [2.75, 3.05) is 5.32 Å². The van der Waals surface area contributed by atoms with Gasteiger partial charge in [0.2, 0.25) is 5.91 Å². The van der Waals surface area contributed by atoms with E-state index in [0.29, 0.717) is 23.4 Å². The topological polar surface area (TPSA) is 81.8 Å². The number of anilines is 1. The van der Waals surface area contributed by atoms with E-state index in [9.17, 15) is 14.0 Å². The Bertz CT molecular complexity index is 1360. The Labute approximate surface area is 184 Å². The van der Waals surface area contributed by atoms with Crippen LogP contribution in [0.5, 0.6) is 0 Å². The van der Waals surface area contributed by atoms with E-state index in [0.717, 1.165) is 11.3 Å². The smallest absolute Gasteiger partial charge is 0.273 e. The number of carbonyl (C=O) groups is 1. The molecule has 0 saturated heterocycles. The summed E-state index contributed by atoms with van der Waals surface area (Å²) in [5.74, 6) is -0.889. The summed E-state index contributed by atoms with van der Waals surface area (Å²) in [6.07, 6.45) is 0.154. The van der Waals surface area contributed by atoms with Crippen LogP contribution < -0.4 is 10.9 Å². The monoisotopic (exact) mass is 433 g/mol. The number of amides is 1. The second-order valence-electron chi connectivity index (χ2n) is 7.64. The number of rotatable bonds is 6. The molecular formula is C24H24FN5O2. The van der Waals surface area contributed by atoms with Crippen LogP contribution in [0.15, 0.2) is 53.3 Å². The van der Waals surface area contributed by atoms with Crippen LogP contribution in [0, 0.1) is 19.7 Å². The lowest BCUT2D eigenvalue weighted by Crippen LogP contribution is -2.27. The van der Waals surface area contributed by atoms with Gasteiger partial charge in [0.15, 0.2) is 5.65 Å². The number of aromatic nitrogens is 4. The molecule has 0 fully saturated rings. The summed E-state index contributed by atoms with van der Waals surface area (Å²) in [7, 11) is 0. The van der Waals surface area contributed by atoms with E-state index in [-0.39, 0.29) is 35.7 Å². The molecule has 0 aliphatic carbocycles. The van der Waals surface area contributed by atoms with Gasteiger partial charge in [0.25, 0.3) is 5.56 Å². The van der Waals surface area contributed by atoms with Crippen molar-refractivity contribution in [1.29, 1.82) is 0 Å². The Morgan fingerprint density at radius 2 is 1.81 bits per heavy atom. The van der Waals surface area contributed by atoms with Gasteiger partial charge >= 0.3 is 0 Å². The molecule has 1 amide bonds. The predicted molar refractivity (Wildman–Crippen MR) is 122 cm³/mol. The van der Waals surface area contributed by atoms with E-state index in [4.69, 9.17) is 0 Å². The first kappa shape index (κ1) is 21.4. The van der Waals surface area contributed by atoms with Gasteiger partial charge in [-0.3, -0.25) is 14.2 Å². The lowest BCUT2D eigenvalue weighted by Gasteiger charge is -2.11. The first-order valence-corrected chi connectivity index (χ1v) is 10.5. The molecule has 4 aromatic rings. The lowest BCUT2D eigenvalue weighted by molar-refractivity contribution is -0.116. The Hall–Kier alpha value is -3.81. The number of carbonyl (C=O) groups excluding carboxylic acids is 1. The molecule has 0 aliphatic rings. The lowest BCUT2D eigenvalue weighted by atomic mass is 10.2. The molecule has 0 radical (unpaired) electrons. The summed E-state index contributed by atoms with van der Waals surface area (Å²) in [6.45, 7) is 6.17. The largest absolute Gasteiger partial charge is 0.324 e. The molecule has 7 nitrogen and oxygen atoms in total. The van der Waals surface area contributed by atoms with Gasteiger partial charge in [-0.2, -0.15) is 5.10 Å². The van der Waals surface area contributed by atoms with Crippen LogP contribution in [0.3, 0.4) is 0 Å². The van der Waals surface area contributed by atoms with Crippen LogP contribution in [0.25, 0.3) is 16.9 Å². The fourth-order valence-electron chi connectivity index (χ4n) is 3.64. The first-order chi connectivity index (χ1) is 15.4. The summed E-state index contributed by atoms with van der Waals surface area (Å²) in [5, 5.41) is 7.15. The number of nitrogens with one attached hydrogen (secondary N) is 1. The van der Waals surface area contributed by atoms with E-state index >= 15 is 0 Å². The molecule has 0 saturated carbocycles. The molecule has 164 valence electrons. The summed E-state index contributed by atoms with van der Waals surface area (Å²) in [4.78, 5) is 30.0. The zero-order valence-corrected chi connectivity index (χ0v) is 18.2. The number of nitrogens with zero attached hydrogens (tertiary/aromatic N) is 4. The van der Waals surface area contributed by atoms with Gasteiger partial charge in [0.05, 0.1) is 17.1 Å². The normalized spacial score (nSPS) is 11.1. The Morgan fingerprint density at radius 3 is 2.50 bits per heavy atom. The highest BCUT2D eigenvalue weighted by Gasteiger charge is 2.19. The third kappa shape index (κ3) is 4.03. The number of para-hydroxylation sites is 1. The SMILES string of the molecule is CCn1c(=O)c(CCC(=O)Nc2ccccc2F)nc2c(C)nn(-c3ccc(C)cc3)c21. The second-order valence-corrected chi connectivity index (χ2v) is 7.64. The van der Waals surface area contributed by atoms with E-state index < -0.39 is 5.82 Å². The maximum atomic E-state index is 13.8. The fraction of sp³-hybridized carbons (Fsp3) is 0.250. The van der Waals surface area contributed by atoms with Gasteiger partial charge in [-0.25, -0.2) is 14.1 Å². The highest BCUT2D eigenvalue weighted by Crippen LogP contribution is 2.20. The quantitative estimate of drug-likeness (QED) is 0.500. The van der Waals surface area contributed by atoms with Crippen molar-refractivity contribution < 1.29 is 9.18 Å². The first-order valence-electron chi connectivity index (χ1n) is 10.5. The molecule has 2 heterocycles. The molecule has 0 spiro atoms. The molecule has 32 heavy (non-hydrogen) atoms. The number of benzene rings is 2. The number of halogens is 1. The molecule has 1 N–H and O–H groups in total. The maximum absolute atomic E-state index is 13.8. The molecule has 0 unspecified atom stereocenters. The van der Waals surface area contributed by atoms with E-state index in [1.54, 1.807) is 21.4 Å². The Balaban J connectivity index is 1.66. The highest BCUT2D eigenvalue weighted by molar-refractivity contribution is 5.91. The molecule has 2 aromatic heterocycles. The highest BCUT2D eigenvalue weighted by atomic mass is 19.1. The molecular weight excluding hydrogens is 409 g/mol. The van der Waals surface area contributed by atoms with Crippen LogP contribution in [0.1, 0.15) is 30.3 Å². The minimum absolute atomic E-state index is 0.0109. The maximum Gasteiger partial charge on any atom is 0.273 e. The number of fused-ring (bicyclic) bond motifs is 1.